The van der Waals surface area contributed by atoms with Gasteiger partial charge in [-0.25, -0.2) is 0 Å². The van der Waals surface area contributed by atoms with Gasteiger partial charge in [0.15, 0.2) is 5.82 Å². The number of hydrogen-bond donors (Lipinski definition) is 2. The minimum Gasteiger partial charge on any atom is -0.383 e. The Morgan fingerprint density at radius 3 is 3.18 bits per heavy atom. The summed E-state index contributed by atoms with van der Waals surface area (Å²) in [5.41, 5.74) is 6.07. The van der Waals surface area contributed by atoms with Crippen LogP contribution in [0.1, 0.15) is 11.9 Å². The van der Waals surface area contributed by atoms with Gasteiger partial charge in [0.2, 0.25) is 5.56 Å². The van der Waals surface area contributed by atoms with Crippen LogP contribution in [0.15, 0.2) is 27.6 Å². The number of hydrogen-bond acceptors (Lipinski definition) is 6. The molecule has 0 saturated carbocycles. The molecule has 7 nitrogen and oxygen atoms in total. The quantitative estimate of drug-likeness (QED) is 0.777. The van der Waals surface area contributed by atoms with Crippen molar-refractivity contribution in [2.75, 3.05) is 13.7 Å². The minimum atomic E-state index is -0.445. The van der Waals surface area contributed by atoms with E-state index in [-0.39, 0.29) is 11.4 Å². The smallest absolute Gasteiger partial charge is 0.258 e. The van der Waals surface area contributed by atoms with Crippen LogP contribution in [0.4, 0.5) is 0 Å². The number of ether oxygens (including phenoxy) is 1. The first-order chi connectivity index (χ1) is 8.20. The molecule has 3 N–H and O–H groups in total. The first-order valence-electron chi connectivity index (χ1n) is 4.98. The van der Waals surface area contributed by atoms with E-state index < -0.39 is 6.04 Å². The Kier molecular flexibility index (Phi) is 3.31. The van der Waals surface area contributed by atoms with E-state index in [1.807, 2.05) is 0 Å². The molecule has 0 bridgehead atoms. The molecule has 0 radical (unpaired) electrons. The van der Waals surface area contributed by atoms with Crippen LogP contribution in [0.2, 0.25) is 0 Å². The topological polar surface area (TPSA) is 107 Å². The van der Waals surface area contributed by atoms with Crippen LogP contribution in [0.3, 0.4) is 0 Å². The molecule has 2 heterocycles. The maximum atomic E-state index is 11.1. The van der Waals surface area contributed by atoms with Crippen molar-refractivity contribution in [1.29, 1.82) is 0 Å². The van der Waals surface area contributed by atoms with E-state index in [4.69, 9.17) is 15.0 Å². The van der Waals surface area contributed by atoms with Crippen LogP contribution >= 0.6 is 0 Å². The zero-order valence-electron chi connectivity index (χ0n) is 9.21. The second-order valence-corrected chi connectivity index (χ2v) is 3.46. The predicted molar refractivity (Wildman–Crippen MR) is 59.2 cm³/mol. The van der Waals surface area contributed by atoms with Crippen molar-refractivity contribution in [2.45, 2.75) is 6.04 Å². The largest absolute Gasteiger partial charge is 0.383 e. The van der Waals surface area contributed by atoms with Crippen molar-refractivity contribution in [3.05, 3.63) is 34.5 Å². The molecule has 2 aromatic rings. The number of aromatic nitrogens is 3. The maximum Gasteiger partial charge on any atom is 0.258 e. The highest BCUT2D eigenvalue weighted by molar-refractivity contribution is 5.51. The van der Waals surface area contributed by atoms with Crippen molar-refractivity contribution < 1.29 is 9.26 Å². The van der Waals surface area contributed by atoms with Crippen LogP contribution in [-0.2, 0) is 4.74 Å². The summed E-state index contributed by atoms with van der Waals surface area (Å²) in [6.45, 7) is 0.300. The Morgan fingerprint density at radius 1 is 1.65 bits per heavy atom. The highest BCUT2D eigenvalue weighted by Gasteiger charge is 2.15. The van der Waals surface area contributed by atoms with Gasteiger partial charge < -0.3 is 20.0 Å². The summed E-state index contributed by atoms with van der Waals surface area (Å²) in [6, 6.07) is 2.60. The van der Waals surface area contributed by atoms with Gasteiger partial charge in [-0.2, -0.15) is 4.98 Å². The van der Waals surface area contributed by atoms with Gasteiger partial charge in [0, 0.05) is 24.9 Å². The summed E-state index contributed by atoms with van der Waals surface area (Å²) in [4.78, 5) is 17.7. The first kappa shape index (κ1) is 11.5. The van der Waals surface area contributed by atoms with Crippen molar-refractivity contribution in [1.82, 2.24) is 15.1 Å². The minimum absolute atomic E-state index is 0.233. The fourth-order valence-electron chi connectivity index (χ4n) is 1.33. The molecular formula is C10H12N4O3. The second-order valence-electron chi connectivity index (χ2n) is 3.46. The molecule has 7 heteroatoms. The standard InChI is InChI=1S/C10H12N4O3/c1-16-5-7(11)9-13-10(17-14-9)6-2-3-12-8(15)4-6/h2-4,7H,5,11H2,1H3,(H,12,15). The van der Waals surface area contributed by atoms with Crippen LogP contribution in [0.25, 0.3) is 11.5 Å². The highest BCUT2D eigenvalue weighted by Crippen LogP contribution is 2.16. The Labute approximate surface area is 96.6 Å². The van der Waals surface area contributed by atoms with E-state index in [1.54, 1.807) is 6.07 Å². The third kappa shape index (κ3) is 2.58. The SMILES string of the molecule is COCC(N)c1noc(-c2cc[nH]c(=O)c2)n1. The number of pyridine rings is 1. The van der Waals surface area contributed by atoms with Crippen molar-refractivity contribution in [3.8, 4) is 11.5 Å². The molecule has 0 saturated heterocycles. The first-order valence-corrected chi connectivity index (χ1v) is 4.98. The van der Waals surface area contributed by atoms with E-state index in [9.17, 15) is 4.79 Å². The number of nitrogens with one attached hydrogen (secondary N) is 1. The van der Waals surface area contributed by atoms with Crippen molar-refractivity contribution >= 4 is 0 Å². The molecule has 0 amide bonds. The fourth-order valence-corrected chi connectivity index (χ4v) is 1.33. The van der Waals surface area contributed by atoms with E-state index in [0.29, 0.717) is 18.0 Å². The van der Waals surface area contributed by atoms with E-state index in [1.165, 1.54) is 19.4 Å². The molecule has 0 aliphatic carbocycles. The van der Waals surface area contributed by atoms with E-state index >= 15 is 0 Å². The molecule has 0 aromatic carbocycles. The molecule has 0 spiro atoms. The molecular weight excluding hydrogens is 224 g/mol. The highest BCUT2D eigenvalue weighted by atomic mass is 16.5. The lowest BCUT2D eigenvalue weighted by atomic mass is 10.2. The lowest BCUT2D eigenvalue weighted by Crippen LogP contribution is -2.17. The number of rotatable bonds is 4. The molecule has 2 aromatic heterocycles. The van der Waals surface area contributed by atoms with Gasteiger partial charge in [-0.15, -0.1) is 0 Å². The Hall–Kier alpha value is -1.99. The normalized spacial score (nSPS) is 12.6. The molecule has 90 valence electrons. The zero-order valence-corrected chi connectivity index (χ0v) is 9.21. The molecule has 0 aliphatic rings. The van der Waals surface area contributed by atoms with E-state index in [2.05, 4.69) is 15.1 Å². The molecule has 17 heavy (non-hydrogen) atoms. The average Bonchev–Trinajstić information content (AvgIpc) is 2.78. The average molecular weight is 236 g/mol. The molecule has 1 atom stereocenters. The van der Waals surface area contributed by atoms with Gasteiger partial charge in [0.1, 0.15) is 0 Å². The summed E-state index contributed by atoms with van der Waals surface area (Å²) in [5.74, 6) is 0.611. The van der Waals surface area contributed by atoms with Crippen LogP contribution in [0.5, 0.6) is 0 Å². The van der Waals surface area contributed by atoms with Gasteiger partial charge in [-0.05, 0) is 6.07 Å². The Morgan fingerprint density at radius 2 is 2.47 bits per heavy atom. The number of nitrogens with two attached hydrogens (primary N) is 1. The van der Waals surface area contributed by atoms with Gasteiger partial charge >= 0.3 is 0 Å². The van der Waals surface area contributed by atoms with Crippen molar-refractivity contribution in [2.24, 2.45) is 5.73 Å². The Bertz CT molecular complexity index is 548. The molecule has 0 aliphatic heterocycles. The lowest BCUT2D eigenvalue weighted by molar-refractivity contribution is 0.177. The molecule has 2 rings (SSSR count). The van der Waals surface area contributed by atoms with Crippen LogP contribution in [-0.4, -0.2) is 28.8 Å². The third-order valence-corrected chi connectivity index (χ3v) is 2.14. The fraction of sp³-hybridized carbons (Fsp3) is 0.300. The molecule has 0 fully saturated rings. The van der Waals surface area contributed by atoms with Crippen LogP contribution < -0.4 is 11.3 Å². The van der Waals surface area contributed by atoms with Gasteiger partial charge in [-0.3, -0.25) is 4.79 Å². The maximum absolute atomic E-state index is 11.1. The van der Waals surface area contributed by atoms with Gasteiger partial charge in [0.25, 0.3) is 5.89 Å². The van der Waals surface area contributed by atoms with Gasteiger partial charge in [0.05, 0.1) is 12.6 Å². The zero-order chi connectivity index (χ0) is 12.3. The summed E-state index contributed by atoms with van der Waals surface area (Å²) < 4.78 is 9.91. The Balaban J connectivity index is 2.26. The number of nitrogens with zero attached hydrogens (tertiary/aromatic N) is 2. The van der Waals surface area contributed by atoms with Crippen molar-refractivity contribution in [3.63, 3.8) is 0 Å². The monoisotopic (exact) mass is 236 g/mol. The molecule has 1 unspecified atom stereocenters. The van der Waals surface area contributed by atoms with Gasteiger partial charge in [-0.1, -0.05) is 5.16 Å². The number of H-pyrrole nitrogens is 1. The predicted octanol–water partition coefficient (Wildman–Crippen LogP) is 0.0711. The summed E-state index contributed by atoms with van der Waals surface area (Å²) >= 11 is 0. The summed E-state index contributed by atoms with van der Waals surface area (Å²) in [5, 5.41) is 3.74. The third-order valence-electron chi connectivity index (χ3n) is 2.14. The number of methoxy groups -OCH3 is 1. The second kappa shape index (κ2) is 4.89. The summed E-state index contributed by atoms with van der Waals surface area (Å²) in [6.07, 6.45) is 1.51. The van der Waals surface area contributed by atoms with E-state index in [0.717, 1.165) is 0 Å². The summed E-state index contributed by atoms with van der Waals surface area (Å²) in [7, 11) is 1.54. The lowest BCUT2D eigenvalue weighted by Gasteiger charge is -2.03. The van der Waals surface area contributed by atoms with Crippen LogP contribution in [0, 0.1) is 0 Å². The number of aromatic amines is 1.